The maximum Gasteiger partial charge on any atom is 0.454 e. The third-order valence-corrected chi connectivity index (χ3v) is 9.48. The zero-order valence-electron chi connectivity index (χ0n) is 27.3. The molecule has 0 fully saturated rings. The summed E-state index contributed by atoms with van der Waals surface area (Å²) in [4.78, 5) is 14.9. The SMILES string of the molecule is CC(C)(C)c1cc(-c2cc(-c3cc4ccc([Si](C)(C)C)cc4o3)ccn2)[c-]c2ccccc12.CC(C)/C(O)=C/C(=O)C(F)(F)F.[Ir]. The molecule has 1 N–H and O–H groups in total. The molecule has 0 bridgehead atoms. The van der Waals surface area contributed by atoms with Crippen LogP contribution in [0.3, 0.4) is 0 Å². The van der Waals surface area contributed by atoms with Crippen molar-refractivity contribution in [3.8, 4) is 22.6 Å². The Morgan fingerprint density at radius 2 is 1.65 bits per heavy atom. The standard InChI is InChI=1S/C30H30NOSi.C7H9F3O2.Ir/c1-30(2,3)26-16-23(15-20-9-7-8-10-25(20)26)27-17-22(13-14-31-27)28-18-21-11-12-24(33(4,5)6)19-29(21)32-28;1-4(2)5(11)3-6(12)7(8,9)10;/h7-14,16-19H,1-6H3;3-4,11H,1-2H3;/q-1;;/b;5-3-;. The monoisotopic (exact) mass is 823 g/mol. The molecular formula is C37H39F3IrNO3Si-. The van der Waals surface area contributed by atoms with Gasteiger partial charge in [0, 0.05) is 54.9 Å². The molecule has 0 aliphatic rings. The number of hydrogen-bond acceptors (Lipinski definition) is 4. The van der Waals surface area contributed by atoms with E-state index in [1.54, 1.807) is 0 Å². The van der Waals surface area contributed by atoms with Gasteiger partial charge in [-0.15, -0.1) is 29.1 Å². The molecule has 0 atom stereocenters. The molecule has 46 heavy (non-hydrogen) atoms. The van der Waals surface area contributed by atoms with E-state index in [2.05, 4.69) is 107 Å². The second-order valence-corrected chi connectivity index (χ2v) is 18.6. The van der Waals surface area contributed by atoms with Crippen LogP contribution in [0.4, 0.5) is 13.2 Å². The molecule has 0 amide bonds. The number of carbonyl (C=O) groups is 1. The summed E-state index contributed by atoms with van der Waals surface area (Å²) in [6, 6.07) is 27.3. The molecule has 2 heterocycles. The summed E-state index contributed by atoms with van der Waals surface area (Å²) in [6.45, 7) is 16.8. The Morgan fingerprint density at radius 3 is 2.26 bits per heavy atom. The van der Waals surface area contributed by atoms with E-state index in [9.17, 15) is 18.0 Å². The predicted octanol–water partition coefficient (Wildman–Crippen LogP) is 10.2. The first-order chi connectivity index (χ1) is 20.8. The topological polar surface area (TPSA) is 63.3 Å². The van der Waals surface area contributed by atoms with Crippen LogP contribution in [0.1, 0.15) is 40.2 Å². The summed E-state index contributed by atoms with van der Waals surface area (Å²) in [5.41, 5.74) is 5.24. The molecule has 4 nitrogen and oxygen atoms in total. The minimum atomic E-state index is -4.90. The van der Waals surface area contributed by atoms with Gasteiger partial charge in [0.2, 0.25) is 0 Å². The van der Waals surface area contributed by atoms with Crippen molar-refractivity contribution in [3.63, 3.8) is 0 Å². The third-order valence-electron chi connectivity index (χ3n) is 7.44. The molecule has 2 aromatic heterocycles. The van der Waals surface area contributed by atoms with Gasteiger partial charge < -0.3 is 9.52 Å². The molecule has 0 aliphatic heterocycles. The third kappa shape index (κ3) is 8.84. The fourth-order valence-corrected chi connectivity index (χ4v) is 5.89. The molecule has 9 heteroatoms. The van der Waals surface area contributed by atoms with Crippen molar-refractivity contribution in [1.29, 1.82) is 0 Å². The Morgan fingerprint density at radius 1 is 0.978 bits per heavy atom. The maximum absolute atomic E-state index is 11.6. The quantitative estimate of drug-likeness (QED) is 0.0830. The summed E-state index contributed by atoms with van der Waals surface area (Å²) in [5, 5.41) is 13.7. The van der Waals surface area contributed by atoms with Crippen molar-refractivity contribution in [2.24, 2.45) is 5.92 Å². The molecule has 0 saturated heterocycles. The summed E-state index contributed by atoms with van der Waals surface area (Å²) in [7, 11) is -1.39. The summed E-state index contributed by atoms with van der Waals surface area (Å²) >= 11 is 0. The van der Waals surface area contributed by atoms with Gasteiger partial charge in [0.05, 0.1) is 13.8 Å². The van der Waals surface area contributed by atoms with E-state index < -0.39 is 31.7 Å². The second kappa shape index (κ2) is 14.1. The van der Waals surface area contributed by atoms with E-state index in [4.69, 9.17) is 14.5 Å². The van der Waals surface area contributed by atoms with Crippen molar-refractivity contribution >= 4 is 40.8 Å². The Kier molecular flexibility index (Phi) is 11.3. The van der Waals surface area contributed by atoms with E-state index in [0.29, 0.717) is 0 Å². The van der Waals surface area contributed by atoms with Gasteiger partial charge in [-0.05, 0) is 23.6 Å². The number of hydrogen-bond donors (Lipinski definition) is 1. The van der Waals surface area contributed by atoms with Gasteiger partial charge in [-0.25, -0.2) is 0 Å². The van der Waals surface area contributed by atoms with Gasteiger partial charge in [0.25, 0.3) is 5.78 Å². The molecule has 0 unspecified atom stereocenters. The fourth-order valence-electron chi connectivity index (χ4n) is 4.74. The number of allylic oxidation sites excluding steroid dienone is 2. The van der Waals surface area contributed by atoms with Crippen LogP contribution in [0.15, 0.2) is 89.2 Å². The molecule has 1 radical (unpaired) electrons. The number of rotatable bonds is 5. The second-order valence-electron chi connectivity index (χ2n) is 13.5. The van der Waals surface area contributed by atoms with Crippen molar-refractivity contribution in [1.82, 2.24) is 4.98 Å². The van der Waals surface area contributed by atoms with Crippen LogP contribution >= 0.6 is 0 Å². The first-order valence-electron chi connectivity index (χ1n) is 14.8. The Balaban J connectivity index is 0.000000380. The van der Waals surface area contributed by atoms with Gasteiger partial charge in [-0.3, -0.25) is 9.78 Å². The van der Waals surface area contributed by atoms with E-state index in [1.807, 2.05) is 12.3 Å². The summed E-state index contributed by atoms with van der Waals surface area (Å²) < 4.78 is 41.0. The smallest absolute Gasteiger partial charge is 0.454 e. The first-order valence-corrected chi connectivity index (χ1v) is 18.3. The Labute approximate surface area is 283 Å². The molecule has 0 spiro atoms. The van der Waals surface area contributed by atoms with E-state index in [-0.39, 0.29) is 31.6 Å². The van der Waals surface area contributed by atoms with E-state index in [0.717, 1.165) is 38.9 Å². The molecular weight excluding hydrogens is 784 g/mol. The van der Waals surface area contributed by atoms with Crippen LogP contribution in [0.25, 0.3) is 44.3 Å². The van der Waals surface area contributed by atoms with Gasteiger partial charge >= 0.3 is 6.18 Å². The predicted molar refractivity (Wildman–Crippen MR) is 180 cm³/mol. The number of aliphatic hydroxyl groups excluding tert-OH is 1. The average Bonchev–Trinajstić information content (AvgIpc) is 3.39. The van der Waals surface area contributed by atoms with Crippen LogP contribution in [0.2, 0.25) is 19.6 Å². The molecule has 0 saturated carbocycles. The number of halogens is 3. The summed E-state index contributed by atoms with van der Waals surface area (Å²) in [5.74, 6) is -2.19. The van der Waals surface area contributed by atoms with Gasteiger partial charge in [0.15, 0.2) is 0 Å². The minimum absolute atomic E-state index is 0. The van der Waals surface area contributed by atoms with Crippen LogP contribution < -0.4 is 5.19 Å². The van der Waals surface area contributed by atoms with Crippen molar-refractivity contribution in [2.45, 2.75) is 65.9 Å². The van der Waals surface area contributed by atoms with E-state index >= 15 is 0 Å². The summed E-state index contributed by atoms with van der Waals surface area (Å²) in [6.07, 6.45) is -2.83. The van der Waals surface area contributed by atoms with Crippen molar-refractivity contribution < 1.29 is 47.6 Å². The van der Waals surface area contributed by atoms with Crippen LogP contribution in [0, 0.1) is 12.0 Å². The Bertz CT molecular complexity index is 1880. The first kappa shape index (κ1) is 36.9. The molecule has 5 aromatic rings. The number of benzene rings is 3. The normalized spacial score (nSPS) is 12.6. The minimum Gasteiger partial charge on any atom is -0.512 e. The molecule has 5 rings (SSSR count). The number of furan rings is 1. The zero-order valence-corrected chi connectivity index (χ0v) is 30.7. The van der Waals surface area contributed by atoms with E-state index in [1.165, 1.54) is 30.0 Å². The number of nitrogens with zero attached hydrogens (tertiary/aromatic N) is 1. The maximum atomic E-state index is 11.6. The molecule has 0 aliphatic carbocycles. The number of aromatic nitrogens is 1. The number of fused-ring (bicyclic) bond motifs is 2. The number of pyridine rings is 1. The van der Waals surface area contributed by atoms with Crippen molar-refractivity contribution in [2.75, 3.05) is 0 Å². The fraction of sp³-hybridized carbons (Fsp3) is 0.297. The number of ketones is 1. The van der Waals surface area contributed by atoms with Gasteiger partial charge in [-0.1, -0.05) is 107 Å². The van der Waals surface area contributed by atoms with Crippen LogP contribution in [0.5, 0.6) is 0 Å². The largest absolute Gasteiger partial charge is 0.512 e. The van der Waals surface area contributed by atoms with Crippen molar-refractivity contribution in [3.05, 3.63) is 96.4 Å². The number of alkyl halides is 3. The zero-order chi connectivity index (χ0) is 33.3. The van der Waals surface area contributed by atoms with Gasteiger partial charge in [-0.2, -0.15) is 13.2 Å². The van der Waals surface area contributed by atoms with Crippen LogP contribution in [-0.4, -0.2) is 30.1 Å². The van der Waals surface area contributed by atoms with Gasteiger partial charge in [0.1, 0.15) is 11.3 Å². The van der Waals surface area contributed by atoms with Crippen LogP contribution in [-0.2, 0) is 30.3 Å². The Hall–Kier alpha value is -3.52. The molecule has 245 valence electrons. The number of carbonyl (C=O) groups excluding carboxylic acids is 1. The number of aliphatic hydroxyl groups is 1. The average molecular weight is 823 g/mol. The molecule has 3 aromatic carbocycles.